The van der Waals surface area contributed by atoms with E-state index in [1.54, 1.807) is 6.20 Å². The molecule has 3 aromatic rings. The highest BCUT2D eigenvalue weighted by molar-refractivity contribution is 9.10. The van der Waals surface area contributed by atoms with Crippen molar-refractivity contribution in [1.29, 1.82) is 0 Å². The second kappa shape index (κ2) is 3.81. The third-order valence-electron chi connectivity index (χ3n) is 2.41. The first-order chi connectivity index (χ1) is 8.24. The molecule has 0 bridgehead atoms. The lowest BCUT2D eigenvalue weighted by atomic mass is 10.2. The van der Waals surface area contributed by atoms with Gasteiger partial charge < -0.3 is 10.7 Å². The molecule has 0 fully saturated rings. The van der Waals surface area contributed by atoms with Crippen LogP contribution in [0.3, 0.4) is 0 Å². The highest BCUT2D eigenvalue weighted by Crippen LogP contribution is 2.28. The molecule has 1 aromatic carbocycles. The third kappa shape index (κ3) is 1.76. The van der Waals surface area contributed by atoms with E-state index >= 15 is 0 Å². The zero-order valence-electron chi connectivity index (χ0n) is 8.68. The predicted molar refractivity (Wildman–Crippen MR) is 69.2 cm³/mol. The van der Waals surface area contributed by atoms with Gasteiger partial charge in [0.15, 0.2) is 5.65 Å². The maximum absolute atomic E-state index is 5.77. The molecule has 0 spiro atoms. The number of nitrogens with zero attached hydrogens (tertiary/aromatic N) is 3. The van der Waals surface area contributed by atoms with Gasteiger partial charge in [0.05, 0.1) is 6.20 Å². The van der Waals surface area contributed by atoms with Crippen molar-refractivity contribution in [3.63, 3.8) is 0 Å². The Morgan fingerprint density at radius 3 is 3.00 bits per heavy atom. The highest BCUT2D eigenvalue weighted by Gasteiger charge is 2.09. The van der Waals surface area contributed by atoms with Crippen LogP contribution in [0.25, 0.3) is 22.6 Å². The Hall–Kier alpha value is -1.95. The molecule has 0 saturated carbocycles. The lowest BCUT2D eigenvalue weighted by Gasteiger charge is -2.01. The fraction of sp³-hybridized carbons (Fsp3) is 0. The van der Waals surface area contributed by atoms with Crippen molar-refractivity contribution in [2.75, 3.05) is 5.73 Å². The average Bonchev–Trinajstić information content (AvgIpc) is 2.75. The SMILES string of the molecule is Nc1ccc(Br)c(-c2nc3ncncc3[nH]2)c1. The number of aromatic nitrogens is 4. The van der Waals surface area contributed by atoms with E-state index < -0.39 is 0 Å². The summed E-state index contributed by atoms with van der Waals surface area (Å²) in [5.41, 5.74) is 8.81. The molecule has 0 unspecified atom stereocenters. The van der Waals surface area contributed by atoms with Gasteiger partial charge in [-0.15, -0.1) is 0 Å². The van der Waals surface area contributed by atoms with Crippen molar-refractivity contribution in [2.45, 2.75) is 0 Å². The fourth-order valence-electron chi connectivity index (χ4n) is 1.61. The van der Waals surface area contributed by atoms with Crippen LogP contribution in [0.1, 0.15) is 0 Å². The molecule has 0 aliphatic heterocycles. The van der Waals surface area contributed by atoms with E-state index in [0.29, 0.717) is 11.3 Å². The van der Waals surface area contributed by atoms with E-state index in [4.69, 9.17) is 5.73 Å². The van der Waals surface area contributed by atoms with Gasteiger partial charge in [-0.2, -0.15) is 0 Å². The van der Waals surface area contributed by atoms with Gasteiger partial charge in [-0.3, -0.25) is 0 Å². The van der Waals surface area contributed by atoms with Crippen molar-refractivity contribution in [2.24, 2.45) is 0 Å². The molecule has 0 amide bonds. The number of halogens is 1. The van der Waals surface area contributed by atoms with E-state index in [9.17, 15) is 0 Å². The zero-order chi connectivity index (χ0) is 11.8. The summed E-state index contributed by atoms with van der Waals surface area (Å²) in [7, 11) is 0. The Morgan fingerprint density at radius 1 is 1.29 bits per heavy atom. The smallest absolute Gasteiger partial charge is 0.181 e. The second-order valence-corrected chi connectivity index (χ2v) is 4.44. The monoisotopic (exact) mass is 289 g/mol. The maximum atomic E-state index is 5.77. The Labute approximate surface area is 105 Å². The Bertz CT molecular complexity index is 658. The first-order valence-electron chi connectivity index (χ1n) is 4.95. The first-order valence-corrected chi connectivity index (χ1v) is 5.74. The minimum absolute atomic E-state index is 0.643. The number of anilines is 1. The molecular weight excluding hydrogens is 282 g/mol. The summed E-state index contributed by atoms with van der Waals surface area (Å²) in [4.78, 5) is 15.6. The van der Waals surface area contributed by atoms with Crippen LogP contribution in [0.4, 0.5) is 5.69 Å². The number of nitrogens with one attached hydrogen (secondary N) is 1. The van der Waals surface area contributed by atoms with Crippen LogP contribution in [0, 0.1) is 0 Å². The molecule has 0 saturated heterocycles. The summed E-state index contributed by atoms with van der Waals surface area (Å²) in [6.07, 6.45) is 3.17. The number of benzene rings is 1. The molecular formula is C11H8BrN5. The van der Waals surface area contributed by atoms with Gasteiger partial charge >= 0.3 is 0 Å². The molecule has 0 aliphatic carbocycles. The van der Waals surface area contributed by atoms with Crippen LogP contribution < -0.4 is 5.73 Å². The molecule has 0 atom stereocenters. The number of fused-ring (bicyclic) bond motifs is 1. The number of hydrogen-bond acceptors (Lipinski definition) is 4. The number of hydrogen-bond donors (Lipinski definition) is 2. The van der Waals surface area contributed by atoms with Crippen molar-refractivity contribution < 1.29 is 0 Å². The minimum Gasteiger partial charge on any atom is -0.399 e. The van der Waals surface area contributed by atoms with E-state index in [-0.39, 0.29) is 0 Å². The van der Waals surface area contributed by atoms with E-state index in [1.165, 1.54) is 6.33 Å². The number of H-pyrrole nitrogens is 1. The largest absolute Gasteiger partial charge is 0.399 e. The normalized spacial score (nSPS) is 10.9. The van der Waals surface area contributed by atoms with Crippen LogP contribution in [0.5, 0.6) is 0 Å². The van der Waals surface area contributed by atoms with Gasteiger partial charge in [0, 0.05) is 15.7 Å². The standard InChI is InChI=1S/C11H8BrN5/c12-8-2-1-6(13)3-7(8)10-16-9-4-14-5-15-11(9)17-10/h1-5H,13H2,(H,14,15,16,17). The first kappa shape index (κ1) is 10.2. The molecule has 5 nitrogen and oxygen atoms in total. The number of nitrogen functional groups attached to an aromatic ring is 1. The zero-order valence-corrected chi connectivity index (χ0v) is 10.3. The van der Waals surface area contributed by atoms with Gasteiger partial charge in [-0.25, -0.2) is 15.0 Å². The van der Waals surface area contributed by atoms with E-state index in [1.807, 2.05) is 18.2 Å². The highest BCUT2D eigenvalue weighted by atomic mass is 79.9. The van der Waals surface area contributed by atoms with Gasteiger partial charge in [0.1, 0.15) is 17.7 Å². The summed E-state index contributed by atoms with van der Waals surface area (Å²) < 4.78 is 0.929. The molecule has 2 aromatic heterocycles. The van der Waals surface area contributed by atoms with Gasteiger partial charge in [-0.1, -0.05) is 15.9 Å². The summed E-state index contributed by atoms with van der Waals surface area (Å²) in [5.74, 6) is 0.722. The average molecular weight is 290 g/mol. The molecule has 17 heavy (non-hydrogen) atoms. The summed E-state index contributed by atoms with van der Waals surface area (Å²) in [6, 6.07) is 5.58. The molecule has 2 heterocycles. The predicted octanol–water partition coefficient (Wildman–Crippen LogP) is 2.36. The second-order valence-electron chi connectivity index (χ2n) is 3.58. The molecule has 3 N–H and O–H groups in total. The number of aromatic amines is 1. The van der Waals surface area contributed by atoms with Gasteiger partial charge in [0.2, 0.25) is 0 Å². The Kier molecular flexibility index (Phi) is 2.29. The molecule has 6 heteroatoms. The summed E-state index contributed by atoms with van der Waals surface area (Å²) >= 11 is 3.47. The Morgan fingerprint density at radius 2 is 2.18 bits per heavy atom. The Balaban J connectivity index is 2.23. The molecule has 0 radical (unpaired) electrons. The fourth-order valence-corrected chi connectivity index (χ4v) is 2.05. The maximum Gasteiger partial charge on any atom is 0.181 e. The summed E-state index contributed by atoms with van der Waals surface area (Å²) in [5, 5.41) is 0. The lowest BCUT2D eigenvalue weighted by Crippen LogP contribution is -1.88. The van der Waals surface area contributed by atoms with Gasteiger partial charge in [-0.05, 0) is 18.2 Å². The minimum atomic E-state index is 0.643. The summed E-state index contributed by atoms with van der Waals surface area (Å²) in [6.45, 7) is 0. The van der Waals surface area contributed by atoms with Crippen LogP contribution >= 0.6 is 15.9 Å². The molecule has 84 valence electrons. The van der Waals surface area contributed by atoms with Gasteiger partial charge in [0.25, 0.3) is 0 Å². The topological polar surface area (TPSA) is 80.5 Å². The van der Waals surface area contributed by atoms with Crippen molar-refractivity contribution >= 4 is 32.8 Å². The van der Waals surface area contributed by atoms with Crippen LogP contribution in [-0.4, -0.2) is 19.9 Å². The molecule has 0 aliphatic rings. The number of rotatable bonds is 1. The number of imidazole rings is 1. The number of nitrogens with two attached hydrogens (primary N) is 1. The van der Waals surface area contributed by atoms with Crippen molar-refractivity contribution in [3.05, 3.63) is 35.2 Å². The van der Waals surface area contributed by atoms with E-state index in [2.05, 4.69) is 35.9 Å². The third-order valence-corrected chi connectivity index (χ3v) is 3.10. The van der Waals surface area contributed by atoms with Crippen LogP contribution in [0.2, 0.25) is 0 Å². The molecule has 3 rings (SSSR count). The van der Waals surface area contributed by atoms with Crippen LogP contribution in [-0.2, 0) is 0 Å². The van der Waals surface area contributed by atoms with Crippen molar-refractivity contribution in [1.82, 2.24) is 19.9 Å². The lowest BCUT2D eigenvalue weighted by molar-refractivity contribution is 1.20. The van der Waals surface area contributed by atoms with Crippen molar-refractivity contribution in [3.8, 4) is 11.4 Å². The van der Waals surface area contributed by atoms with E-state index in [0.717, 1.165) is 21.4 Å². The quantitative estimate of drug-likeness (QED) is 0.674. The van der Waals surface area contributed by atoms with Crippen LogP contribution in [0.15, 0.2) is 35.2 Å².